The van der Waals surface area contributed by atoms with Crippen molar-refractivity contribution in [1.29, 1.82) is 0 Å². The first-order valence-corrected chi connectivity index (χ1v) is 8.83. The Kier molecular flexibility index (Phi) is 4.66. The van der Waals surface area contributed by atoms with Crippen molar-refractivity contribution in [3.63, 3.8) is 0 Å². The Morgan fingerprint density at radius 1 is 1.12 bits per heavy atom. The lowest BCUT2D eigenvalue weighted by Gasteiger charge is -2.14. The Morgan fingerprint density at radius 2 is 1.88 bits per heavy atom. The third-order valence-electron chi connectivity index (χ3n) is 3.65. The van der Waals surface area contributed by atoms with E-state index in [-0.39, 0.29) is 16.4 Å². The van der Waals surface area contributed by atoms with Crippen LogP contribution in [0.3, 0.4) is 0 Å². The van der Waals surface area contributed by atoms with Gasteiger partial charge in [0.05, 0.1) is 10.6 Å². The van der Waals surface area contributed by atoms with Gasteiger partial charge in [0.15, 0.2) is 17.5 Å². The fourth-order valence-corrected chi connectivity index (χ4v) is 3.06. The average Bonchev–Trinajstić information content (AvgIpc) is 3.05. The van der Waals surface area contributed by atoms with Crippen molar-refractivity contribution < 1.29 is 17.2 Å². The van der Waals surface area contributed by atoms with E-state index in [0.717, 1.165) is 6.07 Å². The number of tetrazole rings is 1. The van der Waals surface area contributed by atoms with Crippen LogP contribution in [0.25, 0.3) is 11.4 Å². The Labute approximate surface area is 147 Å². The van der Waals surface area contributed by atoms with Gasteiger partial charge in [-0.15, -0.1) is 5.10 Å². The molecule has 0 atom stereocenters. The van der Waals surface area contributed by atoms with Crippen LogP contribution in [0.15, 0.2) is 41.3 Å². The van der Waals surface area contributed by atoms with Gasteiger partial charge >= 0.3 is 0 Å². The molecule has 1 aromatic heterocycles. The van der Waals surface area contributed by atoms with Gasteiger partial charge in [-0.3, -0.25) is 0 Å². The van der Waals surface area contributed by atoms with Crippen molar-refractivity contribution >= 4 is 21.4 Å². The van der Waals surface area contributed by atoms with Gasteiger partial charge in [-0.05, 0) is 47.8 Å². The molecule has 3 rings (SSSR count). The maximum atomic E-state index is 14.0. The number of hydrogen-bond donors (Lipinski definition) is 2. The zero-order valence-corrected chi connectivity index (χ0v) is 14.6. The molecule has 0 aliphatic heterocycles. The highest BCUT2D eigenvalue weighted by Crippen LogP contribution is 2.32. The summed E-state index contributed by atoms with van der Waals surface area (Å²) < 4.78 is 55.1. The van der Waals surface area contributed by atoms with Gasteiger partial charge in [0.2, 0.25) is 10.0 Å². The molecule has 11 heteroatoms. The van der Waals surface area contributed by atoms with E-state index >= 15 is 0 Å². The van der Waals surface area contributed by atoms with Gasteiger partial charge in [0, 0.05) is 18.3 Å². The van der Waals surface area contributed by atoms with Crippen LogP contribution in [-0.4, -0.2) is 35.7 Å². The van der Waals surface area contributed by atoms with E-state index in [1.165, 1.54) is 42.1 Å². The number of anilines is 2. The topological polar surface area (TPSA) is 102 Å². The number of benzene rings is 2. The molecule has 0 fully saturated rings. The van der Waals surface area contributed by atoms with Crippen LogP contribution in [0.4, 0.5) is 20.2 Å². The summed E-state index contributed by atoms with van der Waals surface area (Å²) in [7, 11) is -0.863. The van der Waals surface area contributed by atoms with E-state index in [1.54, 1.807) is 7.05 Å². The zero-order valence-electron chi connectivity index (χ0n) is 13.7. The summed E-state index contributed by atoms with van der Waals surface area (Å²) in [6, 6.07) is 7.81. The number of halogens is 2. The van der Waals surface area contributed by atoms with Crippen LogP contribution < -0.4 is 10.0 Å². The van der Waals surface area contributed by atoms with E-state index in [9.17, 15) is 17.2 Å². The molecule has 2 aromatic carbocycles. The third kappa shape index (κ3) is 3.26. The fraction of sp³-hybridized carbons (Fsp3) is 0.133. The monoisotopic (exact) mass is 380 g/mol. The van der Waals surface area contributed by atoms with Gasteiger partial charge in [0.25, 0.3) is 0 Å². The Bertz CT molecular complexity index is 1070. The van der Waals surface area contributed by atoms with E-state index < -0.39 is 21.7 Å². The molecule has 0 radical (unpaired) electrons. The summed E-state index contributed by atoms with van der Waals surface area (Å²) in [5.41, 5.74) is 0.505. The maximum absolute atomic E-state index is 14.0. The van der Waals surface area contributed by atoms with Crippen LogP contribution in [0.5, 0.6) is 0 Å². The molecule has 0 unspecified atom stereocenters. The number of nitrogens with zero attached hydrogens (tertiary/aromatic N) is 4. The Balaban J connectivity index is 2.16. The summed E-state index contributed by atoms with van der Waals surface area (Å²) in [4.78, 5) is -0.0248. The normalized spacial score (nSPS) is 11.5. The minimum Gasteiger partial charge on any atom is -0.352 e. The molecule has 0 amide bonds. The van der Waals surface area contributed by atoms with Crippen LogP contribution in [-0.2, 0) is 17.1 Å². The van der Waals surface area contributed by atoms with E-state index in [4.69, 9.17) is 0 Å². The Morgan fingerprint density at radius 3 is 2.54 bits per heavy atom. The minimum atomic E-state index is -3.72. The molecule has 26 heavy (non-hydrogen) atoms. The van der Waals surface area contributed by atoms with Crippen LogP contribution in [0, 0.1) is 11.6 Å². The van der Waals surface area contributed by atoms with Gasteiger partial charge in [-0.2, -0.15) is 0 Å². The number of sulfonamides is 1. The van der Waals surface area contributed by atoms with Crippen molar-refractivity contribution in [3.05, 3.63) is 48.0 Å². The molecular weight excluding hydrogens is 366 g/mol. The number of aryl methyl sites for hydroxylation is 1. The number of rotatable bonds is 5. The number of hydrogen-bond acceptors (Lipinski definition) is 6. The van der Waals surface area contributed by atoms with Crippen molar-refractivity contribution in [3.8, 4) is 11.4 Å². The molecule has 2 N–H and O–H groups in total. The third-order valence-corrected chi connectivity index (χ3v) is 5.06. The second-order valence-electron chi connectivity index (χ2n) is 5.27. The van der Waals surface area contributed by atoms with Gasteiger partial charge in [-0.25, -0.2) is 26.6 Å². The highest BCUT2D eigenvalue weighted by atomic mass is 32.2. The maximum Gasteiger partial charge on any atom is 0.240 e. The lowest BCUT2D eigenvalue weighted by molar-refractivity contribution is 0.512. The largest absolute Gasteiger partial charge is 0.352 e. The molecule has 136 valence electrons. The Hall–Kier alpha value is -2.92. The molecule has 0 saturated carbocycles. The van der Waals surface area contributed by atoms with E-state index in [2.05, 4.69) is 25.6 Å². The van der Waals surface area contributed by atoms with Gasteiger partial charge in [0.1, 0.15) is 0 Å². The number of aromatic nitrogens is 4. The first-order chi connectivity index (χ1) is 12.3. The molecule has 0 aliphatic rings. The quantitative estimate of drug-likeness (QED) is 0.700. The van der Waals surface area contributed by atoms with Crippen LogP contribution in [0.1, 0.15) is 0 Å². The molecule has 0 bridgehead atoms. The number of nitrogens with one attached hydrogen (secondary N) is 2. The summed E-state index contributed by atoms with van der Waals surface area (Å²) in [6.07, 6.45) is 0. The minimum absolute atomic E-state index is 0.0248. The molecule has 0 spiro atoms. The van der Waals surface area contributed by atoms with E-state index in [0.29, 0.717) is 11.3 Å². The van der Waals surface area contributed by atoms with Gasteiger partial charge < -0.3 is 5.32 Å². The molecule has 0 saturated heterocycles. The van der Waals surface area contributed by atoms with E-state index in [1.807, 2.05) is 0 Å². The van der Waals surface area contributed by atoms with Gasteiger partial charge in [-0.1, -0.05) is 6.07 Å². The smallest absolute Gasteiger partial charge is 0.240 e. The van der Waals surface area contributed by atoms with Crippen molar-refractivity contribution in [2.24, 2.45) is 7.05 Å². The molecule has 0 aliphatic carbocycles. The fourth-order valence-electron chi connectivity index (χ4n) is 2.31. The first kappa shape index (κ1) is 17.9. The lowest BCUT2D eigenvalue weighted by Crippen LogP contribution is -2.18. The van der Waals surface area contributed by atoms with Crippen LogP contribution in [0.2, 0.25) is 0 Å². The predicted octanol–water partition coefficient (Wildman–Crippen LogP) is 1.81. The zero-order chi connectivity index (χ0) is 18.9. The first-order valence-electron chi connectivity index (χ1n) is 7.35. The van der Waals surface area contributed by atoms with Crippen molar-refractivity contribution in [2.45, 2.75) is 4.90 Å². The summed E-state index contributed by atoms with van der Waals surface area (Å²) in [6.45, 7) is 0. The molecule has 3 aromatic rings. The van der Waals surface area contributed by atoms with Crippen molar-refractivity contribution in [1.82, 2.24) is 24.9 Å². The molecule has 1 heterocycles. The summed E-state index contributed by atoms with van der Waals surface area (Å²) in [5.74, 6) is -1.81. The SMILES string of the molecule is CNS(=O)(=O)c1ccc(Nc2cccc(F)c2F)c(-c2nnnn2C)c1. The van der Waals surface area contributed by atoms with Crippen LogP contribution >= 0.6 is 0 Å². The molecule has 8 nitrogen and oxygen atoms in total. The summed E-state index contributed by atoms with van der Waals surface area (Å²) >= 11 is 0. The summed E-state index contributed by atoms with van der Waals surface area (Å²) in [5, 5.41) is 13.9. The predicted molar refractivity (Wildman–Crippen MR) is 90.1 cm³/mol. The van der Waals surface area contributed by atoms with Crippen molar-refractivity contribution in [2.75, 3.05) is 12.4 Å². The highest BCUT2D eigenvalue weighted by Gasteiger charge is 2.19. The second kappa shape index (κ2) is 6.77. The second-order valence-corrected chi connectivity index (χ2v) is 7.15. The molecular formula is C15H14F2N6O2S. The highest BCUT2D eigenvalue weighted by molar-refractivity contribution is 7.89. The standard InChI is InChI=1S/C15H14F2N6O2S/c1-18-26(24,25)9-6-7-12(10(8-9)15-20-21-22-23(15)2)19-13-5-3-4-11(16)14(13)17/h3-8,18-19H,1-2H3. The lowest BCUT2D eigenvalue weighted by atomic mass is 10.1. The average molecular weight is 380 g/mol.